The summed E-state index contributed by atoms with van der Waals surface area (Å²) in [6, 6.07) is 6.80. The molecule has 0 saturated heterocycles. The third-order valence-corrected chi connectivity index (χ3v) is 7.40. The lowest BCUT2D eigenvalue weighted by molar-refractivity contribution is 0.0602. The summed E-state index contributed by atoms with van der Waals surface area (Å²) in [4.78, 5) is 10.8. The number of sulfone groups is 1. The summed E-state index contributed by atoms with van der Waals surface area (Å²) >= 11 is 0. The van der Waals surface area contributed by atoms with Gasteiger partial charge < -0.3 is 16.2 Å². The zero-order valence-corrected chi connectivity index (χ0v) is 18.3. The third-order valence-electron chi connectivity index (χ3n) is 4.50. The van der Waals surface area contributed by atoms with Crippen LogP contribution >= 0.6 is 0 Å². The number of hydrogen-bond donors (Lipinski definition) is 4. The number of anilines is 1. The van der Waals surface area contributed by atoms with Crippen molar-refractivity contribution in [3.05, 3.63) is 35.9 Å². The summed E-state index contributed by atoms with van der Waals surface area (Å²) in [5.74, 6) is -1.50. The number of nitrogens with zero attached hydrogens (tertiary/aromatic N) is 3. The SMILES string of the molecule is COC(=O)c1cccc(-c2ccc(S(=O)(=O)CCN)c(S(N)(=O)=O)c2-c2nn[nH]n2)c1N. The van der Waals surface area contributed by atoms with Gasteiger partial charge in [-0.05, 0) is 22.9 Å². The molecule has 1 aromatic heterocycles. The number of nitrogens with two attached hydrogens (primary N) is 3. The molecule has 7 N–H and O–H groups in total. The van der Waals surface area contributed by atoms with Crippen molar-refractivity contribution >= 4 is 31.5 Å². The Morgan fingerprint density at radius 1 is 1.12 bits per heavy atom. The quantitative estimate of drug-likeness (QED) is 0.243. The van der Waals surface area contributed by atoms with Crippen LogP contribution in [0.2, 0.25) is 0 Å². The van der Waals surface area contributed by atoms with Crippen LogP contribution in [0.4, 0.5) is 5.69 Å². The molecule has 13 nitrogen and oxygen atoms in total. The van der Waals surface area contributed by atoms with Gasteiger partial charge in [-0.3, -0.25) is 0 Å². The number of nitrogens with one attached hydrogen (secondary N) is 1. The maximum Gasteiger partial charge on any atom is 0.339 e. The van der Waals surface area contributed by atoms with E-state index in [1.165, 1.54) is 31.4 Å². The minimum atomic E-state index is -4.64. The van der Waals surface area contributed by atoms with Gasteiger partial charge in [-0.2, -0.15) is 5.21 Å². The lowest BCUT2D eigenvalue weighted by Gasteiger charge is -2.17. The molecule has 3 aromatic rings. The van der Waals surface area contributed by atoms with Gasteiger partial charge >= 0.3 is 5.97 Å². The van der Waals surface area contributed by atoms with Crippen molar-refractivity contribution in [3.8, 4) is 22.5 Å². The second-order valence-electron chi connectivity index (χ2n) is 6.46. The number of aromatic nitrogens is 4. The number of carbonyl (C=O) groups excluding carboxylic acids is 1. The van der Waals surface area contributed by atoms with Crippen LogP contribution in [0, 0.1) is 0 Å². The average Bonchev–Trinajstić information content (AvgIpc) is 3.26. The van der Waals surface area contributed by atoms with Gasteiger partial charge in [0.1, 0.15) is 4.90 Å². The molecule has 0 aliphatic rings. The lowest BCUT2D eigenvalue weighted by Crippen LogP contribution is -2.22. The van der Waals surface area contributed by atoms with Crippen LogP contribution in [0.5, 0.6) is 0 Å². The van der Waals surface area contributed by atoms with Gasteiger partial charge in [0.15, 0.2) is 9.84 Å². The summed E-state index contributed by atoms with van der Waals surface area (Å²) in [5, 5.41) is 18.6. The van der Waals surface area contributed by atoms with E-state index < -0.39 is 41.4 Å². The number of primary sulfonamides is 1. The van der Waals surface area contributed by atoms with Gasteiger partial charge in [0.2, 0.25) is 15.8 Å². The normalized spacial score (nSPS) is 12.0. The first-order chi connectivity index (χ1) is 15.0. The fraction of sp³-hybridized carbons (Fsp3) is 0.176. The number of esters is 1. The Balaban J connectivity index is 2.50. The summed E-state index contributed by atoms with van der Waals surface area (Å²) in [7, 11) is -7.61. The molecular formula is C17H19N7O6S2. The number of benzene rings is 2. The molecule has 3 rings (SSSR count). The van der Waals surface area contributed by atoms with E-state index in [1.807, 2.05) is 0 Å². The zero-order chi connectivity index (χ0) is 23.7. The maximum absolute atomic E-state index is 12.8. The average molecular weight is 482 g/mol. The molecule has 0 aliphatic carbocycles. The number of sulfonamides is 1. The van der Waals surface area contributed by atoms with E-state index in [1.54, 1.807) is 0 Å². The van der Waals surface area contributed by atoms with Gasteiger partial charge in [0, 0.05) is 12.1 Å². The molecule has 0 saturated carbocycles. The van der Waals surface area contributed by atoms with E-state index in [-0.39, 0.29) is 40.3 Å². The van der Waals surface area contributed by atoms with Crippen LogP contribution in [0.1, 0.15) is 10.4 Å². The predicted octanol–water partition coefficient (Wildman–Crippen LogP) is -0.718. The van der Waals surface area contributed by atoms with Crippen LogP contribution in [0.25, 0.3) is 22.5 Å². The van der Waals surface area contributed by atoms with Gasteiger partial charge in [-0.25, -0.2) is 26.8 Å². The highest BCUT2D eigenvalue weighted by Gasteiger charge is 2.32. The number of carbonyl (C=O) groups is 1. The van der Waals surface area contributed by atoms with Gasteiger partial charge in [0.25, 0.3) is 0 Å². The fourth-order valence-corrected chi connectivity index (χ4v) is 5.91. The van der Waals surface area contributed by atoms with E-state index >= 15 is 0 Å². The van der Waals surface area contributed by atoms with Crippen molar-refractivity contribution in [2.45, 2.75) is 9.79 Å². The van der Waals surface area contributed by atoms with Crippen molar-refractivity contribution in [1.82, 2.24) is 20.6 Å². The van der Waals surface area contributed by atoms with E-state index in [0.717, 1.165) is 6.07 Å². The number of tetrazole rings is 1. The predicted molar refractivity (Wildman–Crippen MR) is 113 cm³/mol. The van der Waals surface area contributed by atoms with Crippen molar-refractivity contribution in [1.29, 1.82) is 0 Å². The van der Waals surface area contributed by atoms with Crippen LogP contribution < -0.4 is 16.6 Å². The minimum absolute atomic E-state index is 0.0149. The molecule has 0 amide bonds. The zero-order valence-electron chi connectivity index (χ0n) is 16.6. The number of rotatable bonds is 7. The molecule has 170 valence electrons. The molecule has 2 aromatic carbocycles. The number of nitrogen functional groups attached to an aromatic ring is 1. The van der Waals surface area contributed by atoms with Crippen molar-refractivity contribution in [3.63, 3.8) is 0 Å². The van der Waals surface area contributed by atoms with E-state index in [9.17, 15) is 21.6 Å². The largest absolute Gasteiger partial charge is 0.465 e. The van der Waals surface area contributed by atoms with E-state index in [0.29, 0.717) is 0 Å². The molecule has 0 unspecified atom stereocenters. The van der Waals surface area contributed by atoms with Gasteiger partial charge in [-0.15, -0.1) is 10.2 Å². The highest BCUT2D eigenvalue weighted by molar-refractivity contribution is 7.93. The van der Waals surface area contributed by atoms with Crippen LogP contribution in [0.3, 0.4) is 0 Å². The fourth-order valence-electron chi connectivity index (χ4n) is 3.16. The summed E-state index contributed by atoms with van der Waals surface area (Å²) in [6.07, 6.45) is 0. The second kappa shape index (κ2) is 8.62. The molecule has 1 heterocycles. The van der Waals surface area contributed by atoms with Crippen LogP contribution in [-0.2, 0) is 24.6 Å². The summed E-state index contributed by atoms with van der Waals surface area (Å²) in [5.41, 5.74) is 11.6. The van der Waals surface area contributed by atoms with Crippen molar-refractivity contribution in [2.75, 3.05) is 25.1 Å². The lowest BCUT2D eigenvalue weighted by atomic mass is 9.95. The first kappa shape index (κ1) is 23.3. The topological polar surface area (TPSA) is 227 Å². The second-order valence-corrected chi connectivity index (χ2v) is 10.0. The van der Waals surface area contributed by atoms with Crippen molar-refractivity contribution < 1.29 is 26.4 Å². The molecule has 15 heteroatoms. The minimum Gasteiger partial charge on any atom is -0.465 e. The Bertz CT molecular complexity index is 1390. The highest BCUT2D eigenvalue weighted by Crippen LogP contribution is 2.41. The monoisotopic (exact) mass is 481 g/mol. The highest BCUT2D eigenvalue weighted by atomic mass is 32.2. The molecule has 0 fully saturated rings. The third kappa shape index (κ3) is 4.18. The standard InChI is InChI=1S/C17H19N7O6S2/c1-30-17(25)11-4-2-3-10(14(11)19)9-5-6-12(31(26,27)8-7-18)15(32(20,28)29)13(9)16-21-23-24-22-16/h2-6H,7-8,18-19H2,1H3,(H2,20,28,29)(H,21,22,23,24). The summed E-state index contributed by atoms with van der Waals surface area (Å²) < 4.78 is 55.5. The number of ether oxygens (including phenoxy) is 1. The first-order valence-electron chi connectivity index (χ1n) is 8.86. The first-order valence-corrected chi connectivity index (χ1v) is 12.1. The smallest absolute Gasteiger partial charge is 0.339 e. The van der Waals surface area contributed by atoms with Crippen LogP contribution in [-0.4, -0.2) is 62.8 Å². The summed E-state index contributed by atoms with van der Waals surface area (Å²) in [6.45, 7) is -0.250. The Hall–Kier alpha value is -3.40. The molecule has 0 bridgehead atoms. The maximum atomic E-state index is 12.8. The van der Waals surface area contributed by atoms with Gasteiger partial charge in [-0.1, -0.05) is 18.2 Å². The Labute approximate surface area is 182 Å². The number of para-hydroxylation sites is 1. The Morgan fingerprint density at radius 3 is 2.41 bits per heavy atom. The van der Waals surface area contributed by atoms with Crippen LogP contribution in [0.15, 0.2) is 40.1 Å². The van der Waals surface area contributed by atoms with Crippen molar-refractivity contribution in [2.24, 2.45) is 10.9 Å². The number of H-pyrrole nitrogens is 1. The number of methoxy groups -OCH3 is 1. The Kier molecular flexibility index (Phi) is 6.27. The molecule has 0 spiro atoms. The van der Waals surface area contributed by atoms with Gasteiger partial charge in [0.05, 0.1) is 34.6 Å². The molecular weight excluding hydrogens is 462 g/mol. The molecule has 0 atom stereocenters. The molecule has 0 radical (unpaired) electrons. The molecule has 0 aliphatic heterocycles. The Morgan fingerprint density at radius 2 is 1.84 bits per heavy atom. The van der Waals surface area contributed by atoms with E-state index in [2.05, 4.69) is 20.6 Å². The molecule has 32 heavy (non-hydrogen) atoms. The van der Waals surface area contributed by atoms with E-state index in [4.69, 9.17) is 21.3 Å². The number of hydrogen-bond acceptors (Lipinski definition) is 11. The number of aromatic amines is 1.